The maximum absolute atomic E-state index is 10.7. The summed E-state index contributed by atoms with van der Waals surface area (Å²) in [4.78, 5) is 10.2. The topological polar surface area (TPSA) is 72.6 Å². The highest BCUT2D eigenvalue weighted by molar-refractivity contribution is 7.07. The van der Waals surface area contributed by atoms with Gasteiger partial charge in [-0.25, -0.2) is 0 Å². The van der Waals surface area contributed by atoms with E-state index in [9.17, 15) is 15.2 Å². The van der Waals surface area contributed by atoms with Gasteiger partial charge in [-0.15, -0.1) is 0 Å². The average Bonchev–Trinajstić information content (AvgIpc) is 2.89. The van der Waals surface area contributed by atoms with Gasteiger partial charge in [0.15, 0.2) is 0 Å². The van der Waals surface area contributed by atoms with Gasteiger partial charge >= 0.3 is 0 Å². The van der Waals surface area contributed by atoms with E-state index >= 15 is 0 Å². The number of nitrogens with zero attached hydrogens (tertiary/aromatic N) is 1. The number of hydrogen-bond acceptors (Lipinski definition) is 5. The molecule has 2 aromatic rings. The van der Waals surface area contributed by atoms with Crippen LogP contribution in [0.2, 0.25) is 0 Å². The van der Waals surface area contributed by atoms with Crippen LogP contribution in [0.3, 0.4) is 0 Å². The van der Waals surface area contributed by atoms with Gasteiger partial charge in [-0.3, -0.25) is 10.1 Å². The molecule has 19 heavy (non-hydrogen) atoms. The van der Waals surface area contributed by atoms with E-state index in [1.54, 1.807) is 18.3 Å². The fraction of sp³-hybridized carbons (Fsp3) is 0.231. The average molecular weight is 279 g/mol. The molecule has 5 nitrogen and oxygen atoms in total. The highest BCUT2D eigenvalue weighted by atomic mass is 32.1. The molecule has 1 aromatic heterocycles. The minimum atomic E-state index is -0.822. The van der Waals surface area contributed by atoms with Gasteiger partial charge in [0.1, 0.15) is 12.4 Å². The van der Waals surface area contributed by atoms with Crippen molar-refractivity contribution in [3.05, 3.63) is 56.3 Å². The summed E-state index contributed by atoms with van der Waals surface area (Å²) in [7, 11) is 0. The Morgan fingerprint density at radius 3 is 2.84 bits per heavy atom. The molecule has 0 unspecified atom stereocenters. The van der Waals surface area contributed by atoms with Gasteiger partial charge in [0.25, 0.3) is 5.69 Å². The molecule has 0 aliphatic carbocycles. The number of rotatable bonds is 5. The molecule has 1 atom stereocenters. The van der Waals surface area contributed by atoms with Crippen molar-refractivity contribution in [3.8, 4) is 5.75 Å². The molecule has 0 radical (unpaired) electrons. The quantitative estimate of drug-likeness (QED) is 0.673. The molecule has 0 saturated heterocycles. The van der Waals surface area contributed by atoms with Crippen molar-refractivity contribution in [1.29, 1.82) is 0 Å². The molecule has 0 amide bonds. The van der Waals surface area contributed by atoms with Crippen LogP contribution in [0.4, 0.5) is 5.69 Å². The second kappa shape index (κ2) is 5.81. The Labute approximate surface area is 114 Å². The van der Waals surface area contributed by atoms with Gasteiger partial charge in [0.2, 0.25) is 0 Å². The predicted octanol–water partition coefficient (Wildman–Crippen LogP) is 3.29. The van der Waals surface area contributed by atoms with E-state index in [-0.39, 0.29) is 5.69 Å². The SMILES string of the molecule is C[C@H](O)c1cc([N+](=O)[O-])ccc1OCc1ccsc1. The zero-order valence-electron chi connectivity index (χ0n) is 10.3. The minimum absolute atomic E-state index is 0.0567. The van der Waals surface area contributed by atoms with Gasteiger partial charge in [0.05, 0.1) is 11.0 Å². The third kappa shape index (κ3) is 3.30. The van der Waals surface area contributed by atoms with E-state index < -0.39 is 11.0 Å². The predicted molar refractivity (Wildman–Crippen MR) is 72.4 cm³/mol. The van der Waals surface area contributed by atoms with E-state index in [4.69, 9.17) is 4.74 Å². The maximum Gasteiger partial charge on any atom is 0.270 e. The largest absolute Gasteiger partial charge is 0.488 e. The molecule has 0 aliphatic heterocycles. The Morgan fingerprint density at radius 2 is 2.26 bits per heavy atom. The second-order valence-electron chi connectivity index (χ2n) is 4.08. The normalized spacial score (nSPS) is 12.1. The summed E-state index contributed by atoms with van der Waals surface area (Å²) < 4.78 is 5.60. The van der Waals surface area contributed by atoms with Gasteiger partial charge in [0, 0.05) is 17.7 Å². The molecule has 1 N–H and O–H groups in total. The first-order chi connectivity index (χ1) is 9.08. The van der Waals surface area contributed by atoms with Crippen LogP contribution in [0.25, 0.3) is 0 Å². The van der Waals surface area contributed by atoms with E-state index in [0.29, 0.717) is 17.9 Å². The highest BCUT2D eigenvalue weighted by Crippen LogP contribution is 2.30. The summed E-state index contributed by atoms with van der Waals surface area (Å²) >= 11 is 1.57. The van der Waals surface area contributed by atoms with Crippen molar-refractivity contribution in [2.75, 3.05) is 0 Å². The van der Waals surface area contributed by atoms with Crippen LogP contribution in [0, 0.1) is 10.1 Å². The number of aliphatic hydroxyl groups excluding tert-OH is 1. The number of hydrogen-bond donors (Lipinski definition) is 1. The van der Waals surface area contributed by atoms with Crippen molar-refractivity contribution < 1.29 is 14.8 Å². The van der Waals surface area contributed by atoms with Crippen LogP contribution in [-0.2, 0) is 6.61 Å². The van der Waals surface area contributed by atoms with Crippen LogP contribution in [0.1, 0.15) is 24.2 Å². The number of aliphatic hydroxyl groups is 1. The lowest BCUT2D eigenvalue weighted by molar-refractivity contribution is -0.385. The minimum Gasteiger partial charge on any atom is -0.488 e. The molecule has 0 saturated carbocycles. The van der Waals surface area contributed by atoms with Crippen molar-refractivity contribution in [3.63, 3.8) is 0 Å². The third-order valence-corrected chi connectivity index (χ3v) is 3.36. The smallest absolute Gasteiger partial charge is 0.270 e. The van der Waals surface area contributed by atoms with E-state index in [0.717, 1.165) is 5.56 Å². The lowest BCUT2D eigenvalue weighted by Gasteiger charge is -2.12. The Balaban J connectivity index is 2.21. The monoisotopic (exact) mass is 279 g/mol. The standard InChI is InChI=1S/C13H13NO4S/c1-9(15)12-6-11(14(16)17)2-3-13(12)18-7-10-4-5-19-8-10/h2-6,8-9,15H,7H2,1H3/t9-/m0/s1. The summed E-state index contributed by atoms with van der Waals surface area (Å²) in [6.45, 7) is 1.93. The second-order valence-corrected chi connectivity index (χ2v) is 4.86. The van der Waals surface area contributed by atoms with Gasteiger partial charge in [-0.2, -0.15) is 11.3 Å². The molecule has 1 heterocycles. The summed E-state index contributed by atoms with van der Waals surface area (Å²) in [5, 5.41) is 24.3. The number of non-ortho nitro benzene ring substituents is 1. The maximum atomic E-state index is 10.7. The van der Waals surface area contributed by atoms with Crippen LogP contribution in [0.15, 0.2) is 35.0 Å². The first kappa shape index (κ1) is 13.5. The van der Waals surface area contributed by atoms with Crippen molar-refractivity contribution >= 4 is 17.0 Å². The molecule has 100 valence electrons. The summed E-state index contributed by atoms with van der Waals surface area (Å²) in [6, 6.07) is 6.17. The Morgan fingerprint density at radius 1 is 1.47 bits per heavy atom. The number of ether oxygens (including phenoxy) is 1. The summed E-state index contributed by atoms with van der Waals surface area (Å²) in [5.41, 5.74) is 1.39. The van der Waals surface area contributed by atoms with Crippen molar-refractivity contribution in [1.82, 2.24) is 0 Å². The van der Waals surface area contributed by atoms with Crippen LogP contribution >= 0.6 is 11.3 Å². The lowest BCUT2D eigenvalue weighted by atomic mass is 10.1. The fourth-order valence-electron chi connectivity index (χ4n) is 1.64. The van der Waals surface area contributed by atoms with Crippen LogP contribution in [-0.4, -0.2) is 10.0 Å². The van der Waals surface area contributed by atoms with E-state index in [1.165, 1.54) is 18.2 Å². The molecular formula is C13H13NO4S. The fourth-order valence-corrected chi connectivity index (χ4v) is 2.30. The van der Waals surface area contributed by atoms with Crippen molar-refractivity contribution in [2.24, 2.45) is 0 Å². The summed E-state index contributed by atoms with van der Waals surface area (Å²) in [5.74, 6) is 0.465. The number of nitro benzene ring substituents is 1. The molecule has 0 bridgehead atoms. The van der Waals surface area contributed by atoms with E-state index in [2.05, 4.69) is 0 Å². The molecule has 6 heteroatoms. The highest BCUT2D eigenvalue weighted by Gasteiger charge is 2.15. The Bertz CT molecular complexity index is 566. The van der Waals surface area contributed by atoms with Crippen LogP contribution in [0.5, 0.6) is 5.75 Å². The first-order valence-electron chi connectivity index (χ1n) is 5.68. The van der Waals surface area contributed by atoms with Gasteiger partial charge < -0.3 is 9.84 Å². The zero-order valence-corrected chi connectivity index (χ0v) is 11.1. The third-order valence-electron chi connectivity index (χ3n) is 2.63. The number of thiophene rings is 1. The first-order valence-corrected chi connectivity index (χ1v) is 6.62. The van der Waals surface area contributed by atoms with Crippen molar-refractivity contribution in [2.45, 2.75) is 19.6 Å². The molecule has 0 aliphatic rings. The molecule has 0 spiro atoms. The number of nitro groups is 1. The Kier molecular flexibility index (Phi) is 4.13. The molecular weight excluding hydrogens is 266 g/mol. The van der Waals surface area contributed by atoms with Gasteiger partial charge in [-0.1, -0.05) is 0 Å². The number of benzene rings is 1. The van der Waals surface area contributed by atoms with E-state index in [1.807, 2.05) is 16.8 Å². The molecule has 2 rings (SSSR count). The molecule has 0 fully saturated rings. The zero-order chi connectivity index (χ0) is 13.8. The lowest BCUT2D eigenvalue weighted by Crippen LogP contribution is -2.01. The Hall–Kier alpha value is -1.92. The molecule has 1 aromatic carbocycles. The van der Waals surface area contributed by atoms with Gasteiger partial charge in [-0.05, 0) is 35.4 Å². The summed E-state index contributed by atoms with van der Waals surface area (Å²) in [6.07, 6.45) is -0.822. The van der Waals surface area contributed by atoms with Crippen LogP contribution < -0.4 is 4.74 Å².